The molecule has 0 bridgehead atoms. The van der Waals surface area contributed by atoms with Crippen LogP contribution in [0.15, 0.2) is 24.3 Å². The first-order valence-electron chi connectivity index (χ1n) is 6.84. The second kappa shape index (κ2) is 9.10. The van der Waals surface area contributed by atoms with Gasteiger partial charge in [0.1, 0.15) is 6.10 Å². The molecule has 1 aromatic carbocycles. The molecule has 1 amide bonds. The van der Waals surface area contributed by atoms with Gasteiger partial charge in [0.15, 0.2) is 0 Å². The van der Waals surface area contributed by atoms with E-state index in [0.29, 0.717) is 31.1 Å². The number of rotatable bonds is 9. The summed E-state index contributed by atoms with van der Waals surface area (Å²) in [4.78, 5) is 22.4. The normalized spacial score (nSPS) is 11.9. The number of carboxylic acids is 1. The van der Waals surface area contributed by atoms with E-state index in [2.05, 4.69) is 5.32 Å². The standard InChI is InChI=1S/C15H21NO5/c1-3-20-8-9-21-11(2)15(19)16-13-6-4-12(5-7-13)10-14(17)18/h4-7,11H,3,8-10H2,1-2H3,(H,16,19)(H,17,18). The molecule has 6 nitrogen and oxygen atoms in total. The molecule has 0 aromatic heterocycles. The number of hydrogen-bond acceptors (Lipinski definition) is 4. The van der Waals surface area contributed by atoms with Gasteiger partial charge in [0.05, 0.1) is 19.6 Å². The van der Waals surface area contributed by atoms with Crippen LogP contribution in [-0.4, -0.2) is 42.9 Å². The highest BCUT2D eigenvalue weighted by Gasteiger charge is 2.13. The number of hydrogen-bond donors (Lipinski definition) is 2. The third kappa shape index (κ3) is 6.87. The van der Waals surface area contributed by atoms with E-state index in [1.54, 1.807) is 31.2 Å². The minimum absolute atomic E-state index is 0.0365. The largest absolute Gasteiger partial charge is 0.481 e. The lowest BCUT2D eigenvalue weighted by Crippen LogP contribution is -2.28. The van der Waals surface area contributed by atoms with Gasteiger partial charge >= 0.3 is 5.97 Å². The molecular formula is C15H21NO5. The summed E-state index contributed by atoms with van der Waals surface area (Å²) in [6.07, 6.45) is -0.616. The fourth-order valence-electron chi connectivity index (χ4n) is 1.63. The van der Waals surface area contributed by atoms with Crippen molar-refractivity contribution in [3.05, 3.63) is 29.8 Å². The second-order valence-electron chi connectivity index (χ2n) is 4.47. The monoisotopic (exact) mass is 295 g/mol. The maximum absolute atomic E-state index is 11.9. The summed E-state index contributed by atoms with van der Waals surface area (Å²) >= 11 is 0. The maximum Gasteiger partial charge on any atom is 0.307 e. The van der Waals surface area contributed by atoms with Crippen molar-refractivity contribution in [2.45, 2.75) is 26.4 Å². The van der Waals surface area contributed by atoms with Crippen LogP contribution in [0.5, 0.6) is 0 Å². The fourth-order valence-corrected chi connectivity index (χ4v) is 1.63. The van der Waals surface area contributed by atoms with Gasteiger partial charge in [-0.2, -0.15) is 0 Å². The Balaban J connectivity index is 2.41. The summed E-state index contributed by atoms with van der Waals surface area (Å²) in [6, 6.07) is 6.68. The molecule has 1 unspecified atom stereocenters. The summed E-state index contributed by atoms with van der Waals surface area (Å²) in [7, 11) is 0. The maximum atomic E-state index is 11.9. The van der Waals surface area contributed by atoms with Crippen molar-refractivity contribution in [1.29, 1.82) is 0 Å². The molecule has 0 aliphatic heterocycles. The summed E-state index contributed by atoms with van der Waals surface area (Å²) in [5, 5.41) is 11.4. The van der Waals surface area contributed by atoms with Crippen LogP contribution in [0.1, 0.15) is 19.4 Å². The molecule has 2 N–H and O–H groups in total. The number of nitrogens with one attached hydrogen (secondary N) is 1. The van der Waals surface area contributed by atoms with E-state index >= 15 is 0 Å². The van der Waals surface area contributed by atoms with Crippen molar-refractivity contribution in [1.82, 2.24) is 0 Å². The third-order valence-electron chi connectivity index (χ3n) is 2.75. The molecule has 0 radical (unpaired) electrons. The van der Waals surface area contributed by atoms with Gasteiger partial charge in [-0.3, -0.25) is 9.59 Å². The van der Waals surface area contributed by atoms with E-state index in [1.807, 2.05) is 6.92 Å². The lowest BCUT2D eigenvalue weighted by Gasteiger charge is -2.13. The Bertz CT molecular complexity index is 458. The Kier molecular flexibility index (Phi) is 7.42. The van der Waals surface area contributed by atoms with E-state index in [0.717, 1.165) is 0 Å². The molecule has 0 spiro atoms. The van der Waals surface area contributed by atoms with Crippen molar-refractivity contribution in [3.63, 3.8) is 0 Å². The topological polar surface area (TPSA) is 84.9 Å². The minimum atomic E-state index is -0.886. The van der Waals surface area contributed by atoms with Crippen LogP contribution in [0.4, 0.5) is 5.69 Å². The first-order chi connectivity index (χ1) is 10.0. The molecular weight excluding hydrogens is 274 g/mol. The molecule has 0 aliphatic carbocycles. The van der Waals surface area contributed by atoms with Gasteiger partial charge in [-0.25, -0.2) is 0 Å². The van der Waals surface area contributed by atoms with Gasteiger partial charge in [-0.1, -0.05) is 12.1 Å². The van der Waals surface area contributed by atoms with E-state index in [-0.39, 0.29) is 12.3 Å². The van der Waals surface area contributed by atoms with E-state index in [1.165, 1.54) is 0 Å². The predicted octanol–water partition coefficient (Wildman–Crippen LogP) is 1.69. The van der Waals surface area contributed by atoms with Crippen LogP contribution >= 0.6 is 0 Å². The Morgan fingerprint density at radius 1 is 1.24 bits per heavy atom. The van der Waals surface area contributed by atoms with E-state index in [9.17, 15) is 9.59 Å². The number of carbonyl (C=O) groups excluding carboxylic acids is 1. The zero-order valence-electron chi connectivity index (χ0n) is 12.3. The highest BCUT2D eigenvalue weighted by molar-refractivity contribution is 5.93. The SMILES string of the molecule is CCOCCOC(C)C(=O)Nc1ccc(CC(=O)O)cc1. The smallest absolute Gasteiger partial charge is 0.307 e. The van der Waals surface area contributed by atoms with Crippen LogP contribution in [-0.2, 0) is 25.5 Å². The average molecular weight is 295 g/mol. The zero-order valence-corrected chi connectivity index (χ0v) is 12.3. The Morgan fingerprint density at radius 3 is 2.48 bits per heavy atom. The number of anilines is 1. The number of ether oxygens (including phenoxy) is 2. The highest BCUT2D eigenvalue weighted by Crippen LogP contribution is 2.11. The van der Waals surface area contributed by atoms with Crippen molar-refractivity contribution in [3.8, 4) is 0 Å². The Morgan fingerprint density at radius 2 is 1.90 bits per heavy atom. The van der Waals surface area contributed by atoms with E-state index < -0.39 is 12.1 Å². The molecule has 116 valence electrons. The van der Waals surface area contributed by atoms with Gasteiger partial charge in [-0.15, -0.1) is 0 Å². The first-order valence-corrected chi connectivity index (χ1v) is 6.84. The number of carboxylic acid groups (broad SMARTS) is 1. The molecule has 6 heteroatoms. The fraction of sp³-hybridized carbons (Fsp3) is 0.467. The van der Waals surface area contributed by atoms with Crippen molar-refractivity contribution in [2.24, 2.45) is 0 Å². The molecule has 0 aliphatic rings. The highest BCUT2D eigenvalue weighted by atomic mass is 16.5. The predicted molar refractivity (Wildman–Crippen MR) is 78.3 cm³/mol. The van der Waals surface area contributed by atoms with Crippen LogP contribution in [0.25, 0.3) is 0 Å². The minimum Gasteiger partial charge on any atom is -0.481 e. The summed E-state index contributed by atoms with van der Waals surface area (Å²) < 4.78 is 10.5. The Hall–Kier alpha value is -1.92. The first kappa shape index (κ1) is 17.1. The molecule has 0 fully saturated rings. The van der Waals surface area contributed by atoms with Crippen molar-refractivity contribution < 1.29 is 24.2 Å². The number of carbonyl (C=O) groups is 2. The summed E-state index contributed by atoms with van der Waals surface area (Å²) in [5.41, 5.74) is 1.29. The number of aliphatic carboxylic acids is 1. The van der Waals surface area contributed by atoms with Crippen molar-refractivity contribution >= 4 is 17.6 Å². The summed E-state index contributed by atoms with van der Waals surface area (Å²) in [5.74, 6) is -1.14. The van der Waals surface area contributed by atoms with Gasteiger partial charge < -0.3 is 19.9 Å². The number of amides is 1. The van der Waals surface area contributed by atoms with Gasteiger partial charge in [0.2, 0.25) is 0 Å². The molecule has 0 heterocycles. The van der Waals surface area contributed by atoms with Crippen LogP contribution < -0.4 is 5.32 Å². The lowest BCUT2D eigenvalue weighted by molar-refractivity contribution is -0.136. The molecule has 1 atom stereocenters. The Labute approximate surface area is 124 Å². The average Bonchev–Trinajstić information content (AvgIpc) is 2.45. The quantitative estimate of drug-likeness (QED) is 0.677. The second-order valence-corrected chi connectivity index (χ2v) is 4.47. The third-order valence-corrected chi connectivity index (χ3v) is 2.75. The number of benzene rings is 1. The van der Waals surface area contributed by atoms with E-state index in [4.69, 9.17) is 14.6 Å². The van der Waals surface area contributed by atoms with Crippen molar-refractivity contribution in [2.75, 3.05) is 25.1 Å². The zero-order chi connectivity index (χ0) is 15.7. The molecule has 1 aromatic rings. The molecule has 21 heavy (non-hydrogen) atoms. The van der Waals surface area contributed by atoms with Crippen LogP contribution in [0.2, 0.25) is 0 Å². The van der Waals surface area contributed by atoms with Crippen LogP contribution in [0.3, 0.4) is 0 Å². The van der Waals surface area contributed by atoms with Gasteiger partial charge in [0.25, 0.3) is 5.91 Å². The summed E-state index contributed by atoms with van der Waals surface area (Å²) in [6.45, 7) is 4.99. The van der Waals surface area contributed by atoms with Crippen LogP contribution in [0, 0.1) is 0 Å². The molecule has 0 saturated heterocycles. The van der Waals surface area contributed by atoms with Gasteiger partial charge in [-0.05, 0) is 31.5 Å². The lowest BCUT2D eigenvalue weighted by atomic mass is 10.1. The molecule has 0 saturated carbocycles. The van der Waals surface area contributed by atoms with Gasteiger partial charge in [0, 0.05) is 12.3 Å². The molecule has 1 rings (SSSR count).